The van der Waals surface area contributed by atoms with E-state index in [1.54, 1.807) is 0 Å². The summed E-state index contributed by atoms with van der Waals surface area (Å²) >= 11 is 4.75. The van der Waals surface area contributed by atoms with Gasteiger partial charge in [-0.15, -0.1) is 0 Å². The minimum absolute atomic E-state index is 0.0530. The van der Waals surface area contributed by atoms with E-state index in [1.807, 2.05) is 48.5 Å². The van der Waals surface area contributed by atoms with Crippen molar-refractivity contribution in [1.82, 2.24) is 9.97 Å². The molecule has 0 saturated carbocycles. The fraction of sp³-hybridized carbons (Fsp3) is 0.0667. The highest BCUT2D eigenvalue weighted by molar-refractivity contribution is 9.10. The molecule has 0 bridgehead atoms. The van der Waals surface area contributed by atoms with Crippen LogP contribution in [-0.2, 0) is 4.79 Å². The van der Waals surface area contributed by atoms with Crippen LogP contribution < -0.4 is 5.32 Å². The lowest BCUT2D eigenvalue weighted by Crippen LogP contribution is -2.13. The predicted molar refractivity (Wildman–Crippen MR) is 89.6 cm³/mol. The molecule has 0 saturated heterocycles. The summed E-state index contributed by atoms with van der Waals surface area (Å²) in [5, 5.41) is 3.60. The first-order chi connectivity index (χ1) is 10.2. The van der Waals surface area contributed by atoms with Crippen molar-refractivity contribution >= 4 is 50.3 Å². The van der Waals surface area contributed by atoms with Crippen LogP contribution >= 0.6 is 27.7 Å². The Morgan fingerprint density at radius 2 is 1.95 bits per heavy atom. The normalized spacial score (nSPS) is 10.7. The predicted octanol–water partition coefficient (Wildman–Crippen LogP) is 4.06. The number of para-hydroxylation sites is 2. The molecular formula is C15H12BrN3OS. The highest BCUT2D eigenvalue weighted by atomic mass is 79.9. The molecule has 21 heavy (non-hydrogen) atoms. The number of halogens is 1. The van der Waals surface area contributed by atoms with Gasteiger partial charge in [0.05, 0.1) is 16.8 Å². The third-order valence-corrected chi connectivity index (χ3v) is 4.24. The fourth-order valence-corrected chi connectivity index (χ4v) is 2.81. The Bertz CT molecular complexity index is 737. The minimum Gasteiger partial charge on any atom is -0.333 e. The number of hydrogen-bond donors (Lipinski definition) is 2. The number of imidazole rings is 1. The number of nitrogens with zero attached hydrogens (tertiary/aromatic N) is 1. The summed E-state index contributed by atoms with van der Waals surface area (Å²) in [7, 11) is 0. The average Bonchev–Trinajstić information content (AvgIpc) is 2.90. The molecule has 3 aromatic rings. The summed E-state index contributed by atoms with van der Waals surface area (Å²) in [5.74, 6) is 0.262. The van der Waals surface area contributed by atoms with Gasteiger partial charge in [-0.25, -0.2) is 4.98 Å². The van der Waals surface area contributed by atoms with Crippen molar-refractivity contribution < 1.29 is 4.79 Å². The van der Waals surface area contributed by atoms with E-state index in [-0.39, 0.29) is 5.91 Å². The lowest BCUT2D eigenvalue weighted by Gasteiger charge is -2.04. The fourth-order valence-electron chi connectivity index (χ4n) is 1.86. The molecule has 0 aliphatic rings. The molecule has 0 fully saturated rings. The van der Waals surface area contributed by atoms with E-state index in [2.05, 4.69) is 31.2 Å². The smallest absolute Gasteiger partial charge is 0.234 e. The summed E-state index contributed by atoms with van der Waals surface area (Å²) in [6.07, 6.45) is 0. The first kappa shape index (κ1) is 14.2. The number of rotatable bonds is 4. The van der Waals surface area contributed by atoms with Crippen LogP contribution in [0.2, 0.25) is 0 Å². The van der Waals surface area contributed by atoms with Crippen LogP contribution in [-0.4, -0.2) is 21.6 Å². The number of anilines is 1. The average molecular weight is 362 g/mol. The van der Waals surface area contributed by atoms with Gasteiger partial charge >= 0.3 is 0 Å². The van der Waals surface area contributed by atoms with E-state index in [1.165, 1.54) is 11.8 Å². The molecule has 106 valence electrons. The number of carbonyl (C=O) groups excluding carboxylic acids is 1. The van der Waals surface area contributed by atoms with Crippen molar-refractivity contribution in [1.29, 1.82) is 0 Å². The number of benzene rings is 2. The molecule has 0 radical (unpaired) electrons. The van der Waals surface area contributed by atoms with Crippen LogP contribution in [0.3, 0.4) is 0 Å². The van der Waals surface area contributed by atoms with Gasteiger partial charge in [0.1, 0.15) is 0 Å². The van der Waals surface area contributed by atoms with Crippen LogP contribution in [0.1, 0.15) is 0 Å². The van der Waals surface area contributed by atoms with E-state index >= 15 is 0 Å². The summed E-state index contributed by atoms with van der Waals surface area (Å²) in [4.78, 5) is 19.5. The van der Waals surface area contributed by atoms with E-state index in [9.17, 15) is 4.79 Å². The van der Waals surface area contributed by atoms with Gasteiger partial charge in [0.15, 0.2) is 5.16 Å². The quantitative estimate of drug-likeness (QED) is 0.689. The van der Waals surface area contributed by atoms with E-state index in [4.69, 9.17) is 0 Å². The minimum atomic E-state index is -0.0530. The Labute approximate surface area is 134 Å². The molecule has 2 N–H and O–H groups in total. The molecular weight excluding hydrogens is 350 g/mol. The standard InChI is InChI=1S/C15H12BrN3OS/c16-10-5-7-11(8-6-10)17-14(20)9-21-15-18-12-3-1-2-4-13(12)19-15/h1-8H,9H2,(H,17,20)(H,18,19). The lowest BCUT2D eigenvalue weighted by atomic mass is 10.3. The van der Waals surface area contributed by atoms with E-state index in [0.717, 1.165) is 26.3 Å². The molecule has 4 nitrogen and oxygen atoms in total. The summed E-state index contributed by atoms with van der Waals surface area (Å²) in [6, 6.07) is 15.3. The zero-order valence-corrected chi connectivity index (χ0v) is 13.4. The monoisotopic (exact) mass is 361 g/mol. The van der Waals surface area contributed by atoms with Crippen molar-refractivity contribution in [2.75, 3.05) is 11.1 Å². The largest absolute Gasteiger partial charge is 0.333 e. The zero-order valence-electron chi connectivity index (χ0n) is 11.0. The Hall–Kier alpha value is -1.79. The van der Waals surface area contributed by atoms with Crippen LogP contribution in [0.15, 0.2) is 58.2 Å². The third kappa shape index (κ3) is 3.65. The maximum absolute atomic E-state index is 11.9. The first-order valence-electron chi connectivity index (χ1n) is 6.34. The van der Waals surface area contributed by atoms with Crippen LogP contribution in [0, 0.1) is 0 Å². The number of H-pyrrole nitrogens is 1. The molecule has 0 atom stereocenters. The molecule has 1 amide bonds. The Kier molecular flexibility index (Phi) is 4.26. The lowest BCUT2D eigenvalue weighted by molar-refractivity contribution is -0.113. The molecule has 1 heterocycles. The van der Waals surface area contributed by atoms with E-state index < -0.39 is 0 Å². The van der Waals surface area contributed by atoms with Crippen LogP contribution in [0.25, 0.3) is 11.0 Å². The second-order valence-corrected chi connectivity index (χ2v) is 6.28. The van der Waals surface area contributed by atoms with Gasteiger partial charge in [-0.1, -0.05) is 39.8 Å². The molecule has 3 rings (SSSR count). The van der Waals surface area contributed by atoms with E-state index in [0.29, 0.717) is 5.75 Å². The third-order valence-electron chi connectivity index (χ3n) is 2.84. The highest BCUT2D eigenvalue weighted by Crippen LogP contribution is 2.20. The van der Waals surface area contributed by atoms with Gasteiger partial charge < -0.3 is 10.3 Å². The number of amides is 1. The second-order valence-electron chi connectivity index (χ2n) is 4.40. The maximum Gasteiger partial charge on any atom is 0.234 e. The highest BCUT2D eigenvalue weighted by Gasteiger charge is 2.07. The van der Waals surface area contributed by atoms with Gasteiger partial charge in [-0.3, -0.25) is 4.79 Å². The van der Waals surface area contributed by atoms with Gasteiger partial charge in [-0.2, -0.15) is 0 Å². The summed E-state index contributed by atoms with van der Waals surface area (Å²) in [5.41, 5.74) is 2.68. The number of carbonyl (C=O) groups is 1. The summed E-state index contributed by atoms with van der Waals surface area (Å²) < 4.78 is 0.983. The number of hydrogen-bond acceptors (Lipinski definition) is 3. The van der Waals surface area contributed by atoms with Crippen molar-refractivity contribution in [2.24, 2.45) is 0 Å². The molecule has 1 aromatic heterocycles. The Morgan fingerprint density at radius 1 is 1.19 bits per heavy atom. The van der Waals surface area contributed by atoms with Gasteiger partial charge in [0.2, 0.25) is 5.91 Å². The number of fused-ring (bicyclic) bond motifs is 1. The van der Waals surface area contributed by atoms with Crippen LogP contribution in [0.5, 0.6) is 0 Å². The van der Waals surface area contributed by atoms with Crippen molar-refractivity contribution in [3.63, 3.8) is 0 Å². The SMILES string of the molecule is O=C(CSc1nc2ccccc2[nH]1)Nc1ccc(Br)cc1. The topological polar surface area (TPSA) is 57.8 Å². The second kappa shape index (κ2) is 6.32. The van der Waals surface area contributed by atoms with Crippen molar-refractivity contribution in [2.45, 2.75) is 5.16 Å². The van der Waals surface area contributed by atoms with Crippen LogP contribution in [0.4, 0.5) is 5.69 Å². The number of aromatic amines is 1. The Morgan fingerprint density at radius 3 is 2.71 bits per heavy atom. The number of aromatic nitrogens is 2. The molecule has 0 aliphatic heterocycles. The molecule has 6 heteroatoms. The van der Waals surface area contributed by atoms with Crippen molar-refractivity contribution in [3.8, 4) is 0 Å². The maximum atomic E-state index is 11.9. The van der Waals surface area contributed by atoms with Crippen molar-refractivity contribution in [3.05, 3.63) is 53.0 Å². The van der Waals surface area contributed by atoms with Gasteiger partial charge in [0, 0.05) is 10.2 Å². The number of nitrogens with one attached hydrogen (secondary N) is 2. The molecule has 0 aliphatic carbocycles. The Balaban J connectivity index is 1.59. The summed E-state index contributed by atoms with van der Waals surface area (Å²) in [6.45, 7) is 0. The first-order valence-corrected chi connectivity index (χ1v) is 8.11. The van der Waals surface area contributed by atoms with Gasteiger partial charge in [-0.05, 0) is 36.4 Å². The zero-order chi connectivity index (χ0) is 14.7. The molecule has 0 unspecified atom stereocenters. The molecule has 0 spiro atoms. The molecule has 2 aromatic carbocycles. The number of thioether (sulfide) groups is 1. The van der Waals surface area contributed by atoms with Gasteiger partial charge in [0.25, 0.3) is 0 Å².